The van der Waals surface area contributed by atoms with Gasteiger partial charge in [0.25, 0.3) is 0 Å². The Morgan fingerprint density at radius 1 is 1.21 bits per heavy atom. The van der Waals surface area contributed by atoms with E-state index < -0.39 is 0 Å². The zero-order chi connectivity index (χ0) is 13.9. The van der Waals surface area contributed by atoms with Crippen molar-refractivity contribution >= 4 is 0 Å². The number of nitrogens with one attached hydrogen (secondary N) is 1. The summed E-state index contributed by atoms with van der Waals surface area (Å²) < 4.78 is 0. The normalized spacial score (nSPS) is 20.5. The molecule has 0 atom stereocenters. The minimum atomic E-state index is 0.633. The lowest BCUT2D eigenvalue weighted by molar-refractivity contribution is -0.0444. The van der Waals surface area contributed by atoms with Crippen LogP contribution in [0.4, 0.5) is 0 Å². The molecule has 0 saturated carbocycles. The topological polar surface area (TPSA) is 15.3 Å². The number of nitrogens with zero attached hydrogens (tertiary/aromatic N) is 1. The van der Waals surface area contributed by atoms with E-state index in [2.05, 4.69) is 48.3 Å². The van der Waals surface area contributed by atoms with Gasteiger partial charge in [-0.1, -0.05) is 52.0 Å². The Labute approximate surface area is 118 Å². The van der Waals surface area contributed by atoms with Crippen LogP contribution in [-0.4, -0.2) is 31.1 Å². The van der Waals surface area contributed by atoms with Crippen molar-refractivity contribution in [2.75, 3.05) is 26.2 Å². The second kappa shape index (κ2) is 6.06. The van der Waals surface area contributed by atoms with Gasteiger partial charge in [-0.15, -0.1) is 0 Å². The minimum Gasteiger partial charge on any atom is -0.315 e. The Kier molecular flexibility index (Phi) is 4.64. The Hall–Kier alpha value is -0.860. The second-order valence-corrected chi connectivity index (χ2v) is 6.15. The van der Waals surface area contributed by atoms with E-state index in [4.69, 9.17) is 0 Å². The molecule has 0 unspecified atom stereocenters. The van der Waals surface area contributed by atoms with Gasteiger partial charge in [0.1, 0.15) is 0 Å². The van der Waals surface area contributed by atoms with Crippen LogP contribution in [0.2, 0.25) is 0 Å². The summed E-state index contributed by atoms with van der Waals surface area (Å²) in [5.41, 5.74) is 3.58. The molecule has 2 saturated heterocycles. The molecule has 2 heterocycles. The summed E-state index contributed by atoms with van der Waals surface area (Å²) in [5.74, 6) is 0.633. The fourth-order valence-corrected chi connectivity index (χ4v) is 3.03. The first-order chi connectivity index (χ1) is 9.17. The minimum absolute atomic E-state index is 0.633. The van der Waals surface area contributed by atoms with Crippen LogP contribution in [0, 0.1) is 5.41 Å². The van der Waals surface area contributed by atoms with E-state index in [0.29, 0.717) is 11.3 Å². The summed E-state index contributed by atoms with van der Waals surface area (Å²) >= 11 is 0. The predicted molar refractivity (Wildman–Crippen MR) is 82.5 cm³/mol. The predicted octanol–water partition coefficient (Wildman–Crippen LogP) is 3.24. The Morgan fingerprint density at radius 2 is 1.89 bits per heavy atom. The number of hydrogen-bond acceptors (Lipinski definition) is 2. The Morgan fingerprint density at radius 3 is 2.42 bits per heavy atom. The summed E-state index contributed by atoms with van der Waals surface area (Å²) in [6, 6.07) is 9.07. The van der Waals surface area contributed by atoms with Crippen molar-refractivity contribution in [2.45, 2.75) is 40.2 Å². The van der Waals surface area contributed by atoms with Gasteiger partial charge in [-0.2, -0.15) is 0 Å². The smallest absolute Gasteiger partial charge is 0.0234 e. The zero-order valence-electron chi connectivity index (χ0n) is 12.9. The van der Waals surface area contributed by atoms with Crippen LogP contribution in [0.3, 0.4) is 0 Å². The molecule has 2 heteroatoms. The summed E-state index contributed by atoms with van der Waals surface area (Å²) in [6.45, 7) is 14.7. The van der Waals surface area contributed by atoms with Gasteiger partial charge in [-0.25, -0.2) is 0 Å². The number of likely N-dealkylation sites (tertiary alicyclic amines) is 1. The van der Waals surface area contributed by atoms with Gasteiger partial charge >= 0.3 is 0 Å². The molecule has 0 aromatic heterocycles. The molecule has 19 heavy (non-hydrogen) atoms. The van der Waals surface area contributed by atoms with E-state index >= 15 is 0 Å². The van der Waals surface area contributed by atoms with Crippen molar-refractivity contribution in [3.05, 3.63) is 35.4 Å². The number of benzene rings is 1. The quantitative estimate of drug-likeness (QED) is 0.897. The van der Waals surface area contributed by atoms with Crippen LogP contribution in [-0.2, 0) is 6.54 Å². The third kappa shape index (κ3) is 3.18. The van der Waals surface area contributed by atoms with E-state index in [1.165, 1.54) is 37.3 Å². The first kappa shape index (κ1) is 14.5. The highest BCUT2D eigenvalue weighted by Gasteiger charge is 2.46. The molecular formula is C17H28N2. The molecule has 0 bridgehead atoms. The van der Waals surface area contributed by atoms with Crippen LogP contribution in [0.1, 0.15) is 44.7 Å². The van der Waals surface area contributed by atoms with E-state index in [0.717, 1.165) is 6.54 Å². The average molecular weight is 260 g/mol. The lowest BCUT2D eigenvalue weighted by Crippen LogP contribution is -2.70. The summed E-state index contributed by atoms with van der Waals surface area (Å²) in [5, 5.41) is 3.39. The van der Waals surface area contributed by atoms with Crippen LogP contribution >= 0.6 is 0 Å². The molecule has 1 N–H and O–H groups in total. The van der Waals surface area contributed by atoms with E-state index in [-0.39, 0.29) is 0 Å². The first-order valence-corrected chi connectivity index (χ1v) is 7.69. The molecule has 3 rings (SSSR count). The standard InChI is InChI=1S/C15H22N2.C2H6/c1-12(2)14-5-3-4-13(6-14)7-17-10-15(11-17)8-16-9-15;1-2/h3-6,12,16H,7-11H2,1-2H3;1-2H3. The lowest BCUT2D eigenvalue weighted by Gasteiger charge is -2.56. The molecule has 1 aromatic rings. The van der Waals surface area contributed by atoms with Gasteiger partial charge in [0.15, 0.2) is 0 Å². The monoisotopic (exact) mass is 260 g/mol. The molecule has 1 aromatic carbocycles. The third-order valence-electron chi connectivity index (χ3n) is 4.14. The molecule has 0 aliphatic carbocycles. The Bertz CT molecular complexity index is 399. The number of rotatable bonds is 3. The van der Waals surface area contributed by atoms with Crippen molar-refractivity contribution in [1.29, 1.82) is 0 Å². The van der Waals surface area contributed by atoms with Crippen molar-refractivity contribution in [1.82, 2.24) is 10.2 Å². The fraction of sp³-hybridized carbons (Fsp3) is 0.647. The van der Waals surface area contributed by atoms with Crippen LogP contribution in [0.25, 0.3) is 0 Å². The van der Waals surface area contributed by atoms with Crippen molar-refractivity contribution in [2.24, 2.45) is 5.41 Å². The molecular weight excluding hydrogens is 232 g/mol. The largest absolute Gasteiger partial charge is 0.315 e. The molecule has 0 amide bonds. The maximum Gasteiger partial charge on any atom is 0.0234 e. The van der Waals surface area contributed by atoms with Gasteiger partial charge < -0.3 is 5.32 Å². The highest BCUT2D eigenvalue weighted by atomic mass is 15.3. The van der Waals surface area contributed by atoms with E-state index in [1.54, 1.807) is 0 Å². The lowest BCUT2D eigenvalue weighted by atomic mass is 9.74. The molecule has 2 aliphatic heterocycles. The maximum absolute atomic E-state index is 3.39. The van der Waals surface area contributed by atoms with Crippen molar-refractivity contribution in [3.63, 3.8) is 0 Å². The van der Waals surface area contributed by atoms with E-state index in [9.17, 15) is 0 Å². The van der Waals surface area contributed by atoms with Crippen molar-refractivity contribution in [3.8, 4) is 0 Å². The second-order valence-electron chi connectivity index (χ2n) is 6.15. The first-order valence-electron chi connectivity index (χ1n) is 7.69. The third-order valence-corrected chi connectivity index (χ3v) is 4.14. The van der Waals surface area contributed by atoms with Gasteiger partial charge in [-0.3, -0.25) is 4.90 Å². The average Bonchev–Trinajstić information content (AvgIpc) is 2.34. The zero-order valence-corrected chi connectivity index (χ0v) is 12.9. The summed E-state index contributed by atoms with van der Waals surface area (Å²) in [7, 11) is 0. The molecule has 0 radical (unpaired) electrons. The maximum atomic E-state index is 3.39. The molecule has 1 spiro atoms. The highest BCUT2D eigenvalue weighted by molar-refractivity contribution is 5.26. The fourth-order valence-electron chi connectivity index (χ4n) is 3.03. The molecule has 2 nitrogen and oxygen atoms in total. The van der Waals surface area contributed by atoms with Crippen LogP contribution in [0.5, 0.6) is 0 Å². The van der Waals surface area contributed by atoms with Crippen LogP contribution in [0.15, 0.2) is 24.3 Å². The molecule has 2 fully saturated rings. The highest BCUT2D eigenvalue weighted by Crippen LogP contribution is 2.34. The van der Waals surface area contributed by atoms with Gasteiger partial charge in [0.05, 0.1) is 0 Å². The van der Waals surface area contributed by atoms with Crippen LogP contribution < -0.4 is 5.32 Å². The number of hydrogen-bond donors (Lipinski definition) is 1. The Balaban J connectivity index is 0.000000637. The van der Waals surface area contributed by atoms with Crippen molar-refractivity contribution < 1.29 is 0 Å². The molecule has 2 aliphatic rings. The summed E-state index contributed by atoms with van der Waals surface area (Å²) in [4.78, 5) is 2.57. The van der Waals surface area contributed by atoms with E-state index in [1.807, 2.05) is 13.8 Å². The SMILES string of the molecule is CC.CC(C)c1cccc(CN2CC3(CNC3)C2)c1. The van der Waals surface area contributed by atoms with Gasteiger partial charge in [0, 0.05) is 38.1 Å². The molecule has 106 valence electrons. The summed E-state index contributed by atoms with van der Waals surface area (Å²) in [6.07, 6.45) is 0. The van der Waals surface area contributed by atoms with Gasteiger partial charge in [-0.05, 0) is 17.0 Å². The van der Waals surface area contributed by atoms with Gasteiger partial charge in [0.2, 0.25) is 0 Å².